The largest absolute Gasteiger partial charge is 0.478 e. The summed E-state index contributed by atoms with van der Waals surface area (Å²) in [4.78, 5) is 24.6. The average molecular weight is 209 g/mol. The van der Waals surface area contributed by atoms with Crippen molar-refractivity contribution in [2.45, 2.75) is 6.92 Å². The maximum absolute atomic E-state index is 11.3. The lowest BCUT2D eigenvalue weighted by Crippen LogP contribution is -2.08. The number of thiophene rings is 1. The monoisotopic (exact) mass is 209 g/mol. The summed E-state index contributed by atoms with van der Waals surface area (Å²) in [5, 5.41) is 11.2. The second kappa shape index (κ2) is 2.95. The summed E-state index contributed by atoms with van der Waals surface area (Å²) < 4.78 is 0.474. The fourth-order valence-electron chi connectivity index (χ4n) is 1.39. The zero-order valence-corrected chi connectivity index (χ0v) is 8.14. The molecule has 0 fully saturated rings. The molecule has 4 nitrogen and oxygen atoms in total. The van der Waals surface area contributed by atoms with Gasteiger partial charge >= 0.3 is 5.97 Å². The standard InChI is InChI=1S/C9H7NO3S/c1-4-3-14-7-6(4)5(9(12)13)2-10-8(7)11/h2-3H,1H3,(H,10,11)(H,12,13). The third-order valence-electron chi connectivity index (χ3n) is 2.03. The molecule has 2 heterocycles. The number of carbonyl (C=O) groups is 1. The summed E-state index contributed by atoms with van der Waals surface area (Å²) >= 11 is 1.27. The van der Waals surface area contributed by atoms with Gasteiger partial charge < -0.3 is 10.1 Å². The topological polar surface area (TPSA) is 70.2 Å². The van der Waals surface area contributed by atoms with Gasteiger partial charge in [-0.3, -0.25) is 4.79 Å². The Morgan fingerprint density at radius 1 is 1.57 bits per heavy atom. The molecular formula is C9H7NO3S. The van der Waals surface area contributed by atoms with Crippen LogP contribution in [0.25, 0.3) is 10.1 Å². The molecule has 0 amide bonds. The van der Waals surface area contributed by atoms with Crippen molar-refractivity contribution in [1.82, 2.24) is 4.98 Å². The normalized spacial score (nSPS) is 10.6. The van der Waals surface area contributed by atoms with Gasteiger partial charge in [0.05, 0.1) is 5.56 Å². The molecule has 0 aliphatic heterocycles. The first-order valence-electron chi connectivity index (χ1n) is 3.94. The smallest absolute Gasteiger partial charge is 0.337 e. The number of hydrogen-bond acceptors (Lipinski definition) is 3. The number of carboxylic acids is 1. The molecule has 2 aromatic heterocycles. The van der Waals surface area contributed by atoms with Gasteiger partial charge in [-0.15, -0.1) is 11.3 Å². The van der Waals surface area contributed by atoms with Crippen LogP contribution >= 0.6 is 11.3 Å². The van der Waals surface area contributed by atoms with E-state index in [4.69, 9.17) is 5.11 Å². The number of aromatic amines is 1. The van der Waals surface area contributed by atoms with Crippen LogP contribution in [0.5, 0.6) is 0 Å². The zero-order chi connectivity index (χ0) is 10.3. The van der Waals surface area contributed by atoms with E-state index in [2.05, 4.69) is 4.98 Å². The van der Waals surface area contributed by atoms with E-state index in [1.807, 2.05) is 0 Å². The first-order valence-corrected chi connectivity index (χ1v) is 4.82. The van der Waals surface area contributed by atoms with Crippen molar-refractivity contribution in [3.63, 3.8) is 0 Å². The summed E-state index contributed by atoms with van der Waals surface area (Å²) in [5.41, 5.74) is 0.745. The van der Waals surface area contributed by atoms with Gasteiger partial charge in [0.25, 0.3) is 5.56 Å². The predicted molar refractivity (Wildman–Crippen MR) is 54.1 cm³/mol. The maximum Gasteiger partial charge on any atom is 0.337 e. The number of H-pyrrole nitrogens is 1. The van der Waals surface area contributed by atoms with Gasteiger partial charge in [0.1, 0.15) is 4.70 Å². The van der Waals surface area contributed by atoms with E-state index in [1.54, 1.807) is 12.3 Å². The van der Waals surface area contributed by atoms with Crippen LogP contribution in [-0.4, -0.2) is 16.1 Å². The second-order valence-electron chi connectivity index (χ2n) is 2.96. The van der Waals surface area contributed by atoms with E-state index in [0.717, 1.165) is 5.56 Å². The van der Waals surface area contributed by atoms with E-state index in [0.29, 0.717) is 10.1 Å². The lowest BCUT2D eigenvalue weighted by Gasteiger charge is -1.97. The highest BCUT2D eigenvalue weighted by atomic mass is 32.1. The Bertz CT molecular complexity index is 567. The quantitative estimate of drug-likeness (QED) is 0.749. The fourth-order valence-corrected chi connectivity index (χ4v) is 2.36. The van der Waals surface area contributed by atoms with Gasteiger partial charge in [0, 0.05) is 11.6 Å². The van der Waals surface area contributed by atoms with Crippen LogP contribution in [0.4, 0.5) is 0 Å². The zero-order valence-electron chi connectivity index (χ0n) is 7.33. The van der Waals surface area contributed by atoms with Crippen molar-refractivity contribution >= 4 is 27.4 Å². The third kappa shape index (κ3) is 1.13. The van der Waals surface area contributed by atoms with Crippen LogP contribution in [-0.2, 0) is 0 Å². The van der Waals surface area contributed by atoms with E-state index in [9.17, 15) is 9.59 Å². The number of hydrogen-bond donors (Lipinski definition) is 2. The molecule has 0 unspecified atom stereocenters. The van der Waals surface area contributed by atoms with Crippen LogP contribution in [0.1, 0.15) is 15.9 Å². The minimum atomic E-state index is -1.02. The molecule has 2 rings (SSSR count). The molecule has 0 aliphatic carbocycles. The van der Waals surface area contributed by atoms with Crippen molar-refractivity contribution in [1.29, 1.82) is 0 Å². The molecule has 0 spiro atoms. The average Bonchev–Trinajstić information content (AvgIpc) is 2.50. The van der Waals surface area contributed by atoms with Crippen LogP contribution in [0.2, 0.25) is 0 Å². The molecule has 5 heteroatoms. The molecule has 2 aromatic rings. The number of aromatic nitrogens is 1. The Morgan fingerprint density at radius 2 is 2.29 bits per heavy atom. The van der Waals surface area contributed by atoms with Gasteiger partial charge in [0.2, 0.25) is 0 Å². The van der Waals surface area contributed by atoms with Crippen LogP contribution in [0.15, 0.2) is 16.4 Å². The lowest BCUT2D eigenvalue weighted by atomic mass is 10.1. The Kier molecular flexibility index (Phi) is 1.89. The number of aromatic carboxylic acids is 1. The minimum absolute atomic E-state index is 0.151. The van der Waals surface area contributed by atoms with Crippen molar-refractivity contribution in [2.24, 2.45) is 0 Å². The SMILES string of the molecule is Cc1csc2c(=O)[nH]cc(C(=O)O)c12. The number of aryl methyl sites for hydroxylation is 1. The summed E-state index contributed by atoms with van der Waals surface area (Å²) in [5.74, 6) is -1.02. The molecule has 0 aromatic carbocycles. The molecule has 0 saturated heterocycles. The number of fused-ring (bicyclic) bond motifs is 1. The first-order chi connectivity index (χ1) is 6.61. The van der Waals surface area contributed by atoms with Crippen molar-refractivity contribution in [3.8, 4) is 0 Å². The van der Waals surface area contributed by atoms with Crippen molar-refractivity contribution in [2.75, 3.05) is 0 Å². The Labute approximate surface area is 82.8 Å². The van der Waals surface area contributed by atoms with E-state index in [-0.39, 0.29) is 11.1 Å². The molecule has 2 N–H and O–H groups in total. The van der Waals surface area contributed by atoms with Gasteiger partial charge in [0.15, 0.2) is 0 Å². The van der Waals surface area contributed by atoms with Gasteiger partial charge in [-0.25, -0.2) is 4.79 Å². The molecular weight excluding hydrogens is 202 g/mol. The third-order valence-corrected chi connectivity index (χ3v) is 3.13. The minimum Gasteiger partial charge on any atom is -0.478 e. The van der Waals surface area contributed by atoms with Gasteiger partial charge in [-0.1, -0.05) is 0 Å². The maximum atomic E-state index is 11.3. The first kappa shape index (κ1) is 8.96. The molecule has 0 atom stereocenters. The summed E-state index contributed by atoms with van der Waals surface area (Å²) in [6.07, 6.45) is 1.24. The van der Waals surface area contributed by atoms with E-state index in [1.165, 1.54) is 17.5 Å². The summed E-state index contributed by atoms with van der Waals surface area (Å²) in [7, 11) is 0. The highest BCUT2D eigenvalue weighted by Gasteiger charge is 2.13. The van der Waals surface area contributed by atoms with Crippen molar-refractivity contribution in [3.05, 3.63) is 33.1 Å². The Balaban J connectivity index is 3.00. The van der Waals surface area contributed by atoms with Crippen LogP contribution < -0.4 is 5.56 Å². The van der Waals surface area contributed by atoms with Crippen LogP contribution in [0.3, 0.4) is 0 Å². The van der Waals surface area contributed by atoms with Gasteiger partial charge in [-0.05, 0) is 17.9 Å². The molecule has 0 aliphatic rings. The van der Waals surface area contributed by atoms with Crippen molar-refractivity contribution < 1.29 is 9.90 Å². The van der Waals surface area contributed by atoms with E-state index >= 15 is 0 Å². The molecule has 0 radical (unpaired) electrons. The molecule has 0 saturated carbocycles. The Hall–Kier alpha value is -1.62. The molecule has 72 valence electrons. The molecule has 0 bridgehead atoms. The van der Waals surface area contributed by atoms with Crippen LogP contribution in [0, 0.1) is 6.92 Å². The van der Waals surface area contributed by atoms with E-state index < -0.39 is 5.97 Å². The molecule has 14 heavy (non-hydrogen) atoms. The highest BCUT2D eigenvalue weighted by Crippen LogP contribution is 2.24. The summed E-state index contributed by atoms with van der Waals surface area (Å²) in [6, 6.07) is 0. The summed E-state index contributed by atoms with van der Waals surface area (Å²) in [6.45, 7) is 1.80. The fraction of sp³-hybridized carbons (Fsp3) is 0.111. The number of nitrogens with one attached hydrogen (secondary N) is 1. The number of pyridine rings is 1. The highest BCUT2D eigenvalue weighted by molar-refractivity contribution is 7.17. The Morgan fingerprint density at radius 3 is 2.93 bits per heavy atom. The van der Waals surface area contributed by atoms with Gasteiger partial charge in [-0.2, -0.15) is 0 Å². The number of carboxylic acid groups (broad SMARTS) is 1. The second-order valence-corrected chi connectivity index (χ2v) is 3.84. The number of rotatable bonds is 1. The predicted octanol–water partition coefficient (Wildman–Crippen LogP) is 1.60. The lowest BCUT2D eigenvalue weighted by molar-refractivity contribution is 0.0698.